The second-order valence-corrected chi connectivity index (χ2v) is 15.6. The summed E-state index contributed by atoms with van der Waals surface area (Å²) in [5.41, 5.74) is 5.32. The average Bonchev–Trinajstić information content (AvgIpc) is 3.12. The van der Waals surface area contributed by atoms with E-state index in [9.17, 15) is 23.8 Å². The number of nitrogens with two attached hydrogens (primary N) is 1. The first-order valence-electron chi connectivity index (χ1n) is 20.7. The van der Waals surface area contributed by atoms with Crippen molar-refractivity contribution in [1.29, 1.82) is 0 Å². The summed E-state index contributed by atoms with van der Waals surface area (Å²) in [6.07, 6.45) is 34.2. The highest BCUT2D eigenvalue weighted by molar-refractivity contribution is 7.47. The minimum Gasteiger partial charge on any atom is -0.480 e. The third-order valence-electron chi connectivity index (χ3n) is 9.01. The van der Waals surface area contributed by atoms with E-state index >= 15 is 0 Å². The molecule has 0 radical (unpaired) electrons. The van der Waals surface area contributed by atoms with Crippen LogP contribution in [0.3, 0.4) is 0 Å². The molecule has 0 aliphatic heterocycles. The normalized spacial score (nSPS) is 13.9. The van der Waals surface area contributed by atoms with E-state index in [1.54, 1.807) is 0 Å². The van der Waals surface area contributed by atoms with Gasteiger partial charge in [-0.15, -0.1) is 0 Å². The SMILES string of the molecule is CCCCCC/C=C/CCCCCCCC(=O)O[C@H](COC(=O)CCCCCCCCCCCCCCCCC)COP(=O)(O)OC[C@H](N)C(=O)O. The van der Waals surface area contributed by atoms with E-state index in [4.69, 9.17) is 24.8 Å². The van der Waals surface area contributed by atoms with Gasteiger partial charge in [0.2, 0.25) is 0 Å². The van der Waals surface area contributed by atoms with Crippen LogP contribution in [0.1, 0.15) is 194 Å². The van der Waals surface area contributed by atoms with Gasteiger partial charge in [0.15, 0.2) is 6.10 Å². The summed E-state index contributed by atoms with van der Waals surface area (Å²) in [5, 5.41) is 8.87. The lowest BCUT2D eigenvalue weighted by Crippen LogP contribution is -2.34. The first-order valence-corrected chi connectivity index (χ1v) is 22.2. The van der Waals surface area contributed by atoms with Gasteiger partial charge in [-0.2, -0.15) is 0 Å². The van der Waals surface area contributed by atoms with Crippen LogP contribution in [0.15, 0.2) is 12.2 Å². The van der Waals surface area contributed by atoms with E-state index in [-0.39, 0.29) is 19.4 Å². The molecule has 11 nitrogen and oxygen atoms in total. The van der Waals surface area contributed by atoms with E-state index < -0.39 is 51.1 Å². The number of carboxylic acid groups (broad SMARTS) is 1. The van der Waals surface area contributed by atoms with Crippen molar-refractivity contribution in [2.75, 3.05) is 19.8 Å². The zero-order valence-electron chi connectivity index (χ0n) is 32.9. The Morgan fingerprint density at radius 1 is 0.577 bits per heavy atom. The molecular formula is C40H76NO10P. The van der Waals surface area contributed by atoms with Gasteiger partial charge in [0, 0.05) is 12.8 Å². The molecule has 0 rings (SSSR count). The number of phosphoric ester groups is 1. The molecule has 0 aromatic heterocycles. The maximum absolute atomic E-state index is 12.6. The summed E-state index contributed by atoms with van der Waals surface area (Å²) < 4.78 is 32.6. The highest BCUT2D eigenvalue weighted by Gasteiger charge is 2.28. The Hall–Kier alpha value is -1.78. The van der Waals surface area contributed by atoms with E-state index in [2.05, 4.69) is 30.5 Å². The molecule has 52 heavy (non-hydrogen) atoms. The summed E-state index contributed by atoms with van der Waals surface area (Å²) in [7, 11) is -4.71. The van der Waals surface area contributed by atoms with E-state index in [0.717, 1.165) is 57.8 Å². The van der Waals surface area contributed by atoms with Crippen LogP contribution in [0.2, 0.25) is 0 Å². The van der Waals surface area contributed by atoms with Crippen molar-refractivity contribution in [2.45, 2.75) is 206 Å². The summed E-state index contributed by atoms with van der Waals surface area (Å²) >= 11 is 0. The third-order valence-corrected chi connectivity index (χ3v) is 9.96. The lowest BCUT2D eigenvalue weighted by atomic mass is 10.0. The predicted octanol–water partition coefficient (Wildman–Crippen LogP) is 10.5. The number of esters is 2. The molecule has 4 N–H and O–H groups in total. The fourth-order valence-electron chi connectivity index (χ4n) is 5.71. The van der Waals surface area contributed by atoms with Crippen molar-refractivity contribution in [3.8, 4) is 0 Å². The number of rotatable bonds is 39. The molecule has 0 bridgehead atoms. The van der Waals surface area contributed by atoms with E-state index in [0.29, 0.717) is 12.8 Å². The Kier molecular flexibility index (Phi) is 35.0. The molecule has 0 saturated heterocycles. The maximum Gasteiger partial charge on any atom is 0.472 e. The van der Waals surface area contributed by atoms with Gasteiger partial charge in [0.05, 0.1) is 13.2 Å². The fourth-order valence-corrected chi connectivity index (χ4v) is 6.48. The van der Waals surface area contributed by atoms with Gasteiger partial charge in [0.25, 0.3) is 0 Å². The lowest BCUT2D eigenvalue weighted by molar-refractivity contribution is -0.161. The van der Waals surface area contributed by atoms with E-state index in [1.807, 2.05) is 0 Å². The Balaban J connectivity index is 4.37. The van der Waals surface area contributed by atoms with Crippen LogP contribution < -0.4 is 5.73 Å². The van der Waals surface area contributed by atoms with Gasteiger partial charge in [0.1, 0.15) is 12.6 Å². The lowest BCUT2D eigenvalue weighted by Gasteiger charge is -2.20. The van der Waals surface area contributed by atoms with Gasteiger partial charge in [-0.25, -0.2) is 4.57 Å². The summed E-state index contributed by atoms with van der Waals surface area (Å²) in [5.74, 6) is -2.38. The Bertz CT molecular complexity index is 947. The van der Waals surface area contributed by atoms with Gasteiger partial charge in [-0.3, -0.25) is 23.4 Å². The van der Waals surface area contributed by atoms with Crippen LogP contribution in [0.4, 0.5) is 0 Å². The van der Waals surface area contributed by atoms with Crippen LogP contribution in [0.25, 0.3) is 0 Å². The number of hydrogen-bond acceptors (Lipinski definition) is 9. The van der Waals surface area contributed by atoms with E-state index in [1.165, 1.54) is 96.3 Å². The number of carbonyl (C=O) groups excluding carboxylic acids is 2. The molecular weight excluding hydrogens is 685 g/mol. The van der Waals surface area contributed by atoms with Crippen LogP contribution >= 0.6 is 7.82 Å². The fraction of sp³-hybridized carbons (Fsp3) is 0.875. The first-order chi connectivity index (χ1) is 25.1. The van der Waals surface area contributed by atoms with Crippen LogP contribution in [-0.2, 0) is 37.5 Å². The number of aliphatic carboxylic acids is 1. The molecule has 3 atom stereocenters. The Morgan fingerprint density at radius 3 is 1.42 bits per heavy atom. The zero-order valence-corrected chi connectivity index (χ0v) is 33.8. The molecule has 0 aromatic rings. The number of hydrogen-bond donors (Lipinski definition) is 3. The highest BCUT2D eigenvalue weighted by Crippen LogP contribution is 2.43. The number of phosphoric acid groups is 1. The maximum atomic E-state index is 12.6. The quantitative estimate of drug-likeness (QED) is 0.0235. The molecule has 0 fully saturated rings. The minimum absolute atomic E-state index is 0.155. The second-order valence-electron chi connectivity index (χ2n) is 14.1. The molecule has 0 aliphatic rings. The van der Waals surface area contributed by atoms with Crippen molar-refractivity contribution in [3.63, 3.8) is 0 Å². The summed E-state index contributed by atoms with van der Waals surface area (Å²) in [4.78, 5) is 45.8. The number of carbonyl (C=O) groups is 3. The zero-order chi connectivity index (χ0) is 38.5. The van der Waals surface area contributed by atoms with Crippen LogP contribution in [0.5, 0.6) is 0 Å². The van der Waals surface area contributed by atoms with Crippen molar-refractivity contribution < 1.29 is 47.5 Å². The van der Waals surface area contributed by atoms with Gasteiger partial charge < -0.3 is 25.2 Å². The van der Waals surface area contributed by atoms with Gasteiger partial charge in [-0.05, 0) is 38.5 Å². The molecule has 0 amide bonds. The molecule has 0 aliphatic carbocycles. The highest BCUT2D eigenvalue weighted by atomic mass is 31.2. The molecule has 0 spiro atoms. The molecule has 1 unspecified atom stereocenters. The Morgan fingerprint density at radius 2 is 0.962 bits per heavy atom. The standard InChI is InChI=1S/C40H76NO10P/c1-3-5-7-9-11-13-15-17-18-20-21-23-25-27-29-31-38(42)48-33-36(34-49-52(46,47)50-35-37(41)40(44)45)51-39(43)32-30-28-26-24-22-19-16-14-12-10-8-6-4-2/h14,16,36-37H,3-13,15,17-35,41H2,1-2H3,(H,44,45)(H,46,47)/b16-14+/t36-,37+/m1/s1. The van der Waals surface area contributed by atoms with Crippen molar-refractivity contribution in [1.82, 2.24) is 0 Å². The van der Waals surface area contributed by atoms with Crippen LogP contribution in [0, 0.1) is 0 Å². The van der Waals surface area contributed by atoms with Crippen molar-refractivity contribution >= 4 is 25.7 Å². The average molecular weight is 762 g/mol. The molecule has 0 heterocycles. The molecule has 0 aromatic carbocycles. The predicted molar refractivity (Wildman–Crippen MR) is 208 cm³/mol. The largest absolute Gasteiger partial charge is 0.480 e. The monoisotopic (exact) mass is 762 g/mol. The first kappa shape index (κ1) is 50.2. The number of carboxylic acids is 1. The van der Waals surface area contributed by atoms with Crippen molar-refractivity contribution in [3.05, 3.63) is 12.2 Å². The molecule has 306 valence electrons. The second kappa shape index (κ2) is 36.2. The van der Waals surface area contributed by atoms with Crippen molar-refractivity contribution in [2.24, 2.45) is 5.73 Å². The van der Waals surface area contributed by atoms with Crippen LogP contribution in [-0.4, -0.2) is 59.9 Å². The van der Waals surface area contributed by atoms with Gasteiger partial charge in [-0.1, -0.05) is 154 Å². The topological polar surface area (TPSA) is 172 Å². The number of ether oxygens (including phenoxy) is 2. The number of allylic oxidation sites excluding steroid dienone is 2. The molecule has 12 heteroatoms. The molecule has 0 saturated carbocycles. The Labute approximate surface area is 316 Å². The van der Waals surface area contributed by atoms with Gasteiger partial charge >= 0.3 is 25.7 Å². The smallest absolute Gasteiger partial charge is 0.472 e. The third kappa shape index (κ3) is 35.3. The minimum atomic E-state index is -4.71. The summed E-state index contributed by atoms with van der Waals surface area (Å²) in [6, 6.07) is -1.52. The number of unbranched alkanes of at least 4 members (excludes halogenated alkanes) is 23. The summed E-state index contributed by atoms with van der Waals surface area (Å²) in [6.45, 7) is 2.78.